The molecule has 3 aromatic rings. The van der Waals surface area contributed by atoms with Crippen molar-refractivity contribution in [3.63, 3.8) is 0 Å². The Morgan fingerprint density at radius 2 is 1.89 bits per heavy atom. The number of hydrogen-bond acceptors (Lipinski definition) is 7. The Balaban J connectivity index is 1.34. The fourth-order valence-corrected chi connectivity index (χ4v) is 3.13. The van der Waals surface area contributed by atoms with E-state index in [2.05, 4.69) is 35.4 Å². The second-order valence-electron chi connectivity index (χ2n) is 6.40. The summed E-state index contributed by atoms with van der Waals surface area (Å²) in [6.07, 6.45) is 1.52. The van der Waals surface area contributed by atoms with Crippen LogP contribution in [0.1, 0.15) is 0 Å². The van der Waals surface area contributed by atoms with Crippen LogP contribution in [-0.2, 0) is 11.8 Å². The maximum atomic E-state index is 12.9. The summed E-state index contributed by atoms with van der Waals surface area (Å²) >= 11 is 0. The molecule has 3 heterocycles. The highest BCUT2D eigenvalue weighted by Gasteiger charge is 2.23. The first-order valence-corrected chi connectivity index (χ1v) is 8.63. The number of piperazine rings is 1. The molecule has 1 aliphatic heterocycles. The molecular formula is C17H19FN8O. The fourth-order valence-electron chi connectivity index (χ4n) is 3.13. The molecule has 1 fully saturated rings. The van der Waals surface area contributed by atoms with E-state index in [0.29, 0.717) is 16.9 Å². The molecule has 0 spiro atoms. The van der Waals surface area contributed by atoms with E-state index in [1.807, 2.05) is 0 Å². The summed E-state index contributed by atoms with van der Waals surface area (Å²) < 4.78 is 14.5. The average Bonchev–Trinajstić information content (AvgIpc) is 3.06. The Morgan fingerprint density at radius 1 is 1.15 bits per heavy atom. The van der Waals surface area contributed by atoms with Gasteiger partial charge in [0.05, 0.1) is 6.54 Å². The zero-order valence-corrected chi connectivity index (χ0v) is 14.8. The number of aromatic nitrogens is 5. The van der Waals surface area contributed by atoms with Crippen molar-refractivity contribution in [1.29, 1.82) is 0 Å². The van der Waals surface area contributed by atoms with Crippen molar-refractivity contribution < 1.29 is 9.18 Å². The lowest BCUT2D eigenvalue weighted by Crippen LogP contribution is -2.49. The molecule has 0 radical (unpaired) electrons. The molecule has 0 unspecified atom stereocenters. The summed E-state index contributed by atoms with van der Waals surface area (Å²) in [6.45, 7) is 3.19. The first-order valence-electron chi connectivity index (χ1n) is 8.63. The number of rotatable bonds is 4. The van der Waals surface area contributed by atoms with Crippen molar-refractivity contribution in [2.45, 2.75) is 0 Å². The van der Waals surface area contributed by atoms with Crippen molar-refractivity contribution in [2.75, 3.05) is 42.9 Å². The second-order valence-corrected chi connectivity index (χ2v) is 6.40. The zero-order chi connectivity index (χ0) is 18.8. The van der Waals surface area contributed by atoms with E-state index in [4.69, 9.17) is 0 Å². The van der Waals surface area contributed by atoms with Gasteiger partial charge in [0.25, 0.3) is 0 Å². The second kappa shape index (κ2) is 7.23. The van der Waals surface area contributed by atoms with Crippen molar-refractivity contribution >= 4 is 28.6 Å². The molecule has 1 aliphatic rings. The molecule has 1 saturated heterocycles. The van der Waals surface area contributed by atoms with Gasteiger partial charge < -0.3 is 10.2 Å². The molecule has 0 bridgehead atoms. The number of amides is 1. The summed E-state index contributed by atoms with van der Waals surface area (Å²) in [5, 5.41) is 10.9. The number of carbonyl (C=O) groups excluding carboxylic acids is 1. The number of benzene rings is 1. The van der Waals surface area contributed by atoms with Gasteiger partial charge in [-0.3, -0.25) is 9.69 Å². The average molecular weight is 370 g/mol. The molecule has 1 aromatic carbocycles. The summed E-state index contributed by atoms with van der Waals surface area (Å²) in [5.41, 5.74) is 1.97. The van der Waals surface area contributed by atoms with Crippen LogP contribution in [0.5, 0.6) is 0 Å². The highest BCUT2D eigenvalue weighted by Crippen LogP contribution is 2.21. The van der Waals surface area contributed by atoms with Gasteiger partial charge in [0, 0.05) is 38.9 Å². The van der Waals surface area contributed by atoms with Crippen LogP contribution in [0.15, 0.2) is 30.6 Å². The van der Waals surface area contributed by atoms with E-state index in [-0.39, 0.29) is 18.3 Å². The van der Waals surface area contributed by atoms with Crippen LogP contribution >= 0.6 is 0 Å². The highest BCUT2D eigenvalue weighted by atomic mass is 19.1. The Hall–Kier alpha value is -3.14. The largest absolute Gasteiger partial charge is 0.352 e. The normalized spacial score (nSPS) is 15.3. The van der Waals surface area contributed by atoms with Crippen LogP contribution < -0.4 is 10.2 Å². The molecule has 4 rings (SSSR count). The Morgan fingerprint density at radius 3 is 2.63 bits per heavy atom. The zero-order valence-electron chi connectivity index (χ0n) is 14.8. The number of anilines is 2. The quantitative estimate of drug-likeness (QED) is 0.721. The molecule has 140 valence electrons. The molecule has 9 nitrogen and oxygen atoms in total. The van der Waals surface area contributed by atoms with E-state index in [0.717, 1.165) is 32.0 Å². The maximum Gasteiger partial charge on any atom is 0.238 e. The molecule has 2 aromatic heterocycles. The van der Waals surface area contributed by atoms with Gasteiger partial charge in [0.15, 0.2) is 17.0 Å². The third kappa shape index (κ3) is 3.70. The minimum atomic E-state index is -0.328. The van der Waals surface area contributed by atoms with E-state index in [1.165, 1.54) is 18.5 Å². The van der Waals surface area contributed by atoms with Crippen molar-refractivity contribution in [1.82, 2.24) is 29.9 Å². The molecular weight excluding hydrogens is 351 g/mol. The minimum absolute atomic E-state index is 0.117. The Labute approximate surface area is 154 Å². The molecule has 1 amide bonds. The number of hydrogen-bond donors (Lipinski definition) is 1. The van der Waals surface area contributed by atoms with E-state index < -0.39 is 0 Å². The van der Waals surface area contributed by atoms with Gasteiger partial charge in [-0.2, -0.15) is 0 Å². The summed E-state index contributed by atoms with van der Waals surface area (Å²) in [6, 6.07) is 5.74. The lowest BCUT2D eigenvalue weighted by Gasteiger charge is -2.34. The van der Waals surface area contributed by atoms with Gasteiger partial charge in [0.1, 0.15) is 12.1 Å². The first-order chi connectivity index (χ1) is 13.1. The smallest absolute Gasteiger partial charge is 0.238 e. The van der Waals surface area contributed by atoms with Crippen LogP contribution in [0.3, 0.4) is 0 Å². The van der Waals surface area contributed by atoms with Crippen molar-refractivity contribution in [3.8, 4) is 0 Å². The number of nitrogens with zero attached hydrogens (tertiary/aromatic N) is 7. The van der Waals surface area contributed by atoms with E-state index in [9.17, 15) is 9.18 Å². The summed E-state index contributed by atoms with van der Waals surface area (Å²) in [4.78, 5) is 25.0. The minimum Gasteiger partial charge on any atom is -0.352 e. The fraction of sp³-hybridized carbons (Fsp3) is 0.353. The molecule has 27 heavy (non-hydrogen) atoms. The van der Waals surface area contributed by atoms with Crippen LogP contribution in [0.25, 0.3) is 11.2 Å². The van der Waals surface area contributed by atoms with Crippen molar-refractivity contribution in [2.24, 2.45) is 7.05 Å². The number of halogens is 1. The Kier molecular flexibility index (Phi) is 4.63. The third-order valence-electron chi connectivity index (χ3n) is 4.54. The third-order valence-corrected chi connectivity index (χ3v) is 4.54. The predicted octanol–water partition coefficient (Wildman–Crippen LogP) is 0.658. The van der Waals surface area contributed by atoms with Crippen LogP contribution in [-0.4, -0.2) is 68.5 Å². The highest BCUT2D eigenvalue weighted by molar-refractivity contribution is 5.92. The molecule has 0 aliphatic carbocycles. The summed E-state index contributed by atoms with van der Waals surface area (Å²) in [5.74, 6) is 0.322. The predicted molar refractivity (Wildman–Crippen MR) is 97.8 cm³/mol. The lowest BCUT2D eigenvalue weighted by molar-refractivity contribution is -0.117. The van der Waals surface area contributed by atoms with Gasteiger partial charge >= 0.3 is 0 Å². The first kappa shape index (κ1) is 17.3. The van der Waals surface area contributed by atoms with Gasteiger partial charge in [-0.15, -0.1) is 5.10 Å². The van der Waals surface area contributed by atoms with Crippen LogP contribution in [0, 0.1) is 5.82 Å². The number of fused-ring (bicyclic) bond motifs is 1. The van der Waals surface area contributed by atoms with Crippen molar-refractivity contribution in [3.05, 3.63) is 36.4 Å². The number of nitrogens with one attached hydrogen (secondary N) is 1. The molecule has 0 atom stereocenters. The topological polar surface area (TPSA) is 92.1 Å². The lowest BCUT2D eigenvalue weighted by atomic mass is 10.3. The standard InChI is InChI=1S/C17H19FN8O/c1-24-16-15(22-23-24)17(20-11-19-16)26-8-6-25(7-9-26)10-14(27)21-13-4-2-12(18)3-5-13/h2-5,11H,6-10H2,1H3,(H,21,27). The van der Waals surface area contributed by atoms with E-state index >= 15 is 0 Å². The SMILES string of the molecule is Cn1nnc2c(N3CCN(CC(=O)Nc4ccc(F)cc4)CC3)ncnc21. The molecule has 0 saturated carbocycles. The maximum absolute atomic E-state index is 12.9. The monoisotopic (exact) mass is 370 g/mol. The van der Waals surface area contributed by atoms with Crippen LogP contribution in [0.4, 0.5) is 15.9 Å². The number of carbonyl (C=O) groups is 1. The Bertz CT molecular complexity index is 949. The molecule has 1 N–H and O–H groups in total. The molecule has 10 heteroatoms. The van der Waals surface area contributed by atoms with Gasteiger partial charge in [-0.1, -0.05) is 5.21 Å². The summed E-state index contributed by atoms with van der Waals surface area (Å²) in [7, 11) is 1.80. The number of aryl methyl sites for hydroxylation is 1. The van der Waals surface area contributed by atoms with Crippen LogP contribution in [0.2, 0.25) is 0 Å². The van der Waals surface area contributed by atoms with E-state index in [1.54, 1.807) is 23.9 Å². The van der Waals surface area contributed by atoms with Gasteiger partial charge in [-0.05, 0) is 24.3 Å². The van der Waals surface area contributed by atoms with Gasteiger partial charge in [0.2, 0.25) is 5.91 Å². The van der Waals surface area contributed by atoms with Gasteiger partial charge in [-0.25, -0.2) is 19.0 Å².